The standard InChI is InChI=1S/C19H25N3O4S/c1-5-18(23)20-19-14(4)21-26-17(19)13-10-15-8-11-16(12-9-15)27(24,25)22(6-2)7-3/h8-13H,5-7H2,1-4H3,(H,20,23)/b13-10-. The van der Waals surface area contributed by atoms with Crippen molar-refractivity contribution >= 4 is 33.8 Å². The summed E-state index contributed by atoms with van der Waals surface area (Å²) in [5, 5.41) is 6.64. The van der Waals surface area contributed by atoms with Crippen LogP contribution in [0.2, 0.25) is 0 Å². The molecule has 0 radical (unpaired) electrons. The Morgan fingerprint density at radius 1 is 1.15 bits per heavy atom. The van der Waals surface area contributed by atoms with E-state index in [1.54, 1.807) is 50.3 Å². The Labute approximate surface area is 160 Å². The number of nitrogens with zero attached hydrogens (tertiary/aromatic N) is 2. The van der Waals surface area contributed by atoms with Crippen molar-refractivity contribution in [3.05, 3.63) is 41.3 Å². The minimum absolute atomic E-state index is 0.123. The van der Waals surface area contributed by atoms with E-state index >= 15 is 0 Å². The van der Waals surface area contributed by atoms with Gasteiger partial charge in [-0.15, -0.1) is 0 Å². The average molecular weight is 391 g/mol. The van der Waals surface area contributed by atoms with Gasteiger partial charge in [0.15, 0.2) is 5.76 Å². The summed E-state index contributed by atoms with van der Waals surface area (Å²) in [6, 6.07) is 6.61. The number of aromatic nitrogens is 1. The first-order valence-electron chi connectivity index (χ1n) is 8.87. The predicted octanol–water partition coefficient (Wildman–Crippen LogP) is 3.53. The molecule has 0 fully saturated rings. The number of carbonyl (C=O) groups excluding carboxylic acids is 1. The molecule has 2 rings (SSSR count). The molecule has 0 aliphatic carbocycles. The molecule has 27 heavy (non-hydrogen) atoms. The molecule has 0 saturated heterocycles. The lowest BCUT2D eigenvalue weighted by Crippen LogP contribution is -2.30. The van der Waals surface area contributed by atoms with Gasteiger partial charge in [-0.2, -0.15) is 4.31 Å². The summed E-state index contributed by atoms with van der Waals surface area (Å²) in [4.78, 5) is 11.9. The molecule has 0 aliphatic heterocycles. The number of hydrogen-bond acceptors (Lipinski definition) is 5. The van der Waals surface area contributed by atoms with Gasteiger partial charge in [-0.25, -0.2) is 8.42 Å². The lowest BCUT2D eigenvalue weighted by Gasteiger charge is -2.18. The number of amides is 1. The zero-order valence-corrected chi connectivity index (χ0v) is 16.8. The molecule has 1 aromatic carbocycles. The Morgan fingerprint density at radius 3 is 2.33 bits per heavy atom. The molecule has 0 saturated carbocycles. The van der Waals surface area contributed by atoms with E-state index in [9.17, 15) is 13.2 Å². The number of benzene rings is 1. The van der Waals surface area contributed by atoms with Gasteiger partial charge in [-0.05, 0) is 30.7 Å². The summed E-state index contributed by atoms with van der Waals surface area (Å²) in [5.41, 5.74) is 1.94. The molecule has 8 heteroatoms. The molecule has 146 valence electrons. The number of sulfonamides is 1. The van der Waals surface area contributed by atoms with Gasteiger partial charge in [0.2, 0.25) is 15.9 Å². The van der Waals surface area contributed by atoms with Gasteiger partial charge < -0.3 is 9.84 Å². The van der Waals surface area contributed by atoms with Crippen LogP contribution in [0, 0.1) is 6.92 Å². The van der Waals surface area contributed by atoms with E-state index in [1.807, 2.05) is 13.8 Å². The normalized spacial score (nSPS) is 12.0. The van der Waals surface area contributed by atoms with Crippen LogP contribution in [0.3, 0.4) is 0 Å². The monoisotopic (exact) mass is 391 g/mol. The third kappa shape index (κ3) is 4.84. The summed E-state index contributed by atoms with van der Waals surface area (Å²) >= 11 is 0. The molecule has 0 aliphatic rings. The number of hydrogen-bond donors (Lipinski definition) is 1. The maximum atomic E-state index is 12.5. The highest BCUT2D eigenvalue weighted by Gasteiger charge is 2.21. The van der Waals surface area contributed by atoms with E-state index in [4.69, 9.17) is 4.52 Å². The van der Waals surface area contributed by atoms with Crippen LogP contribution >= 0.6 is 0 Å². The van der Waals surface area contributed by atoms with Crippen LogP contribution < -0.4 is 5.32 Å². The second-order valence-electron chi connectivity index (χ2n) is 5.90. The topological polar surface area (TPSA) is 92.5 Å². The second-order valence-corrected chi connectivity index (χ2v) is 7.84. The minimum atomic E-state index is -3.47. The Bertz CT molecular complexity index is 911. The molecule has 0 bridgehead atoms. The predicted molar refractivity (Wildman–Crippen MR) is 106 cm³/mol. The van der Waals surface area contributed by atoms with E-state index in [2.05, 4.69) is 10.5 Å². The van der Waals surface area contributed by atoms with Crippen molar-refractivity contribution in [1.82, 2.24) is 9.46 Å². The molecular formula is C19H25N3O4S. The van der Waals surface area contributed by atoms with Crippen molar-refractivity contribution in [3.8, 4) is 0 Å². The maximum absolute atomic E-state index is 12.5. The number of anilines is 1. The quantitative estimate of drug-likeness (QED) is 0.743. The molecule has 1 amide bonds. The number of nitrogens with one attached hydrogen (secondary N) is 1. The average Bonchev–Trinajstić information content (AvgIpc) is 3.00. The van der Waals surface area contributed by atoms with Gasteiger partial charge in [-0.3, -0.25) is 4.79 Å². The summed E-state index contributed by atoms with van der Waals surface area (Å²) in [5.74, 6) is 0.316. The first-order valence-corrected chi connectivity index (χ1v) is 10.3. The van der Waals surface area contributed by atoms with Crippen molar-refractivity contribution < 1.29 is 17.7 Å². The van der Waals surface area contributed by atoms with Crippen LogP contribution in [0.1, 0.15) is 44.2 Å². The zero-order chi connectivity index (χ0) is 20.0. The van der Waals surface area contributed by atoms with Crippen LogP contribution in [0.15, 0.2) is 33.7 Å². The molecule has 0 spiro atoms. The second kappa shape index (κ2) is 8.96. The lowest BCUT2D eigenvalue weighted by atomic mass is 10.2. The van der Waals surface area contributed by atoms with Crippen molar-refractivity contribution in [2.24, 2.45) is 0 Å². The van der Waals surface area contributed by atoms with Crippen molar-refractivity contribution in [2.45, 2.75) is 39.0 Å². The highest BCUT2D eigenvalue weighted by Crippen LogP contribution is 2.23. The molecule has 2 aromatic rings. The third-order valence-corrected chi connectivity index (χ3v) is 6.19. The lowest BCUT2D eigenvalue weighted by molar-refractivity contribution is -0.115. The largest absolute Gasteiger partial charge is 0.354 e. The van der Waals surface area contributed by atoms with Crippen molar-refractivity contribution in [2.75, 3.05) is 18.4 Å². The fraction of sp³-hybridized carbons (Fsp3) is 0.368. The highest BCUT2D eigenvalue weighted by atomic mass is 32.2. The van der Waals surface area contributed by atoms with Gasteiger partial charge in [0.25, 0.3) is 0 Å². The Morgan fingerprint density at radius 2 is 1.78 bits per heavy atom. The molecule has 7 nitrogen and oxygen atoms in total. The maximum Gasteiger partial charge on any atom is 0.243 e. The van der Waals surface area contributed by atoms with E-state index in [0.717, 1.165) is 5.56 Å². The van der Waals surface area contributed by atoms with E-state index < -0.39 is 10.0 Å². The van der Waals surface area contributed by atoms with Gasteiger partial charge in [0.1, 0.15) is 11.4 Å². The number of aryl methyl sites for hydroxylation is 1. The summed E-state index contributed by atoms with van der Waals surface area (Å²) in [6.07, 6.45) is 3.82. The number of rotatable bonds is 8. The fourth-order valence-corrected chi connectivity index (χ4v) is 3.97. The Hall–Kier alpha value is -2.45. The molecule has 0 atom stereocenters. The Kier molecular flexibility index (Phi) is 6.92. The van der Waals surface area contributed by atoms with Crippen LogP contribution in [0.4, 0.5) is 5.69 Å². The summed E-state index contributed by atoms with van der Waals surface area (Å²) < 4.78 is 31.7. The van der Waals surface area contributed by atoms with Gasteiger partial charge >= 0.3 is 0 Å². The molecule has 1 heterocycles. The zero-order valence-electron chi connectivity index (χ0n) is 16.0. The minimum Gasteiger partial charge on any atom is -0.354 e. The SMILES string of the molecule is CCC(=O)Nc1c(C)noc1/C=C\c1ccc(S(=O)(=O)N(CC)CC)cc1. The highest BCUT2D eigenvalue weighted by molar-refractivity contribution is 7.89. The smallest absolute Gasteiger partial charge is 0.243 e. The third-order valence-electron chi connectivity index (χ3n) is 4.13. The Balaban J connectivity index is 2.21. The van der Waals surface area contributed by atoms with Gasteiger partial charge in [-0.1, -0.05) is 44.1 Å². The molecule has 0 unspecified atom stereocenters. The van der Waals surface area contributed by atoms with Gasteiger partial charge in [0, 0.05) is 19.5 Å². The van der Waals surface area contributed by atoms with Crippen LogP contribution in [0.5, 0.6) is 0 Å². The van der Waals surface area contributed by atoms with E-state index in [-0.39, 0.29) is 10.8 Å². The van der Waals surface area contributed by atoms with Crippen molar-refractivity contribution in [1.29, 1.82) is 0 Å². The summed E-state index contributed by atoms with van der Waals surface area (Å²) in [7, 11) is -3.47. The van der Waals surface area contributed by atoms with Crippen molar-refractivity contribution in [3.63, 3.8) is 0 Å². The van der Waals surface area contributed by atoms with Gasteiger partial charge in [0.05, 0.1) is 4.90 Å². The molecular weight excluding hydrogens is 366 g/mol. The fourth-order valence-electron chi connectivity index (χ4n) is 2.52. The number of carbonyl (C=O) groups is 1. The first-order chi connectivity index (χ1) is 12.8. The van der Waals surface area contributed by atoms with E-state index in [0.29, 0.717) is 36.7 Å². The molecule has 1 N–H and O–H groups in total. The molecule has 1 aromatic heterocycles. The first kappa shape index (κ1) is 20.9. The van der Waals surface area contributed by atoms with Crippen LogP contribution in [-0.2, 0) is 14.8 Å². The van der Waals surface area contributed by atoms with Crippen LogP contribution in [0.25, 0.3) is 12.2 Å². The summed E-state index contributed by atoms with van der Waals surface area (Å²) in [6.45, 7) is 7.99. The van der Waals surface area contributed by atoms with E-state index in [1.165, 1.54) is 4.31 Å². The van der Waals surface area contributed by atoms with Crippen LogP contribution in [-0.4, -0.2) is 36.9 Å².